The third kappa shape index (κ3) is 5.66. The van der Waals surface area contributed by atoms with Crippen LogP contribution >= 0.6 is 0 Å². The summed E-state index contributed by atoms with van der Waals surface area (Å²) in [5, 5.41) is 40.6. The fourth-order valence-corrected chi connectivity index (χ4v) is 7.04. The number of nitrogens with zero attached hydrogens (tertiary/aromatic N) is 2. The number of piperidine rings is 2. The van der Waals surface area contributed by atoms with E-state index >= 15 is 0 Å². The molecule has 34 heavy (non-hydrogen) atoms. The van der Waals surface area contributed by atoms with Crippen LogP contribution < -0.4 is 36.0 Å². The molecule has 0 aliphatic carbocycles. The molecule has 0 spiro atoms. The van der Waals surface area contributed by atoms with Gasteiger partial charge in [-0.1, -0.05) is 0 Å². The zero-order valence-electron chi connectivity index (χ0n) is 22.4. The van der Waals surface area contributed by atoms with E-state index in [1.165, 1.54) is 0 Å². The van der Waals surface area contributed by atoms with Crippen LogP contribution in [0.1, 0.15) is 81.1 Å². The van der Waals surface area contributed by atoms with Crippen LogP contribution in [-0.4, -0.2) is 70.8 Å². The van der Waals surface area contributed by atoms with E-state index in [1.807, 2.05) is 9.48 Å². The summed E-state index contributed by atoms with van der Waals surface area (Å²) in [7, 11) is 0. The summed E-state index contributed by atoms with van der Waals surface area (Å²) in [5.41, 5.74) is -0.680. The van der Waals surface area contributed by atoms with Crippen molar-refractivity contribution >= 4 is 5.69 Å². The molecule has 4 N–H and O–H groups in total. The lowest BCUT2D eigenvalue weighted by Crippen LogP contribution is -2.65. The Morgan fingerprint density at radius 1 is 0.882 bits per heavy atom. The molecule has 1 aromatic rings. The first kappa shape index (κ1) is 27.1. The molecule has 0 unspecified atom stereocenters. The number of rotatable bonds is 7. The Balaban J connectivity index is 2.06. The third-order valence-corrected chi connectivity index (χ3v) is 7.34. The van der Waals surface area contributed by atoms with E-state index in [0.29, 0.717) is 0 Å². The number of aliphatic hydroxyl groups is 2. The van der Waals surface area contributed by atoms with Crippen LogP contribution in [0.15, 0.2) is 4.79 Å². The van der Waals surface area contributed by atoms with E-state index in [4.69, 9.17) is 0 Å². The maximum atomic E-state index is 13.6. The minimum Gasteiger partial charge on any atom is -0.866 e. The van der Waals surface area contributed by atoms with E-state index in [9.17, 15) is 20.1 Å². The molecule has 194 valence electrons. The standard InChI is InChI=1S/C26H46N4O4/c1-23(2)13-17(14-24(3,4)27-23)29(9-11-31)19-21(33)20(22(19)34)30(10-12-32)18-15-25(5,6)28-26(7,8)16-18/h17-18,27-28,31-32H,9-16H2,1-8H3. The molecule has 2 aliphatic heterocycles. The van der Waals surface area contributed by atoms with Crippen LogP contribution in [0.3, 0.4) is 0 Å². The van der Waals surface area contributed by atoms with Crippen LogP contribution in [0.4, 0.5) is 5.69 Å². The van der Waals surface area contributed by atoms with Crippen molar-refractivity contribution in [3.05, 3.63) is 15.6 Å². The van der Waals surface area contributed by atoms with E-state index in [1.54, 1.807) is 0 Å². The molecular formula is C26H46N4O4. The van der Waals surface area contributed by atoms with E-state index in [2.05, 4.69) is 66.0 Å². The van der Waals surface area contributed by atoms with Gasteiger partial charge >= 0.3 is 0 Å². The van der Waals surface area contributed by atoms with Gasteiger partial charge in [0.25, 0.3) is 5.43 Å². The Bertz CT molecular complexity index is 940. The van der Waals surface area contributed by atoms with Crippen LogP contribution in [0.25, 0.3) is 0 Å². The Labute approximate surface area is 204 Å². The number of nitrogens with one attached hydrogen (secondary N) is 2. The van der Waals surface area contributed by atoms with Crippen LogP contribution in [0, 0.1) is 0 Å². The van der Waals surface area contributed by atoms with Crippen molar-refractivity contribution in [2.75, 3.05) is 31.2 Å². The lowest BCUT2D eigenvalue weighted by Gasteiger charge is -2.50. The highest BCUT2D eigenvalue weighted by Crippen LogP contribution is 2.35. The Morgan fingerprint density at radius 3 is 1.76 bits per heavy atom. The lowest BCUT2D eigenvalue weighted by molar-refractivity contribution is -0.271. The SMILES string of the molecule is CC1(C)CC(N(CCO)c2c([O-])c(=[N+](CCO)C3CC(C)(C)NC(C)(C)C3)c2=O)CC(C)(C)N1. The van der Waals surface area contributed by atoms with Gasteiger partial charge in [0.05, 0.1) is 12.3 Å². The van der Waals surface area contributed by atoms with Crippen molar-refractivity contribution in [3.63, 3.8) is 0 Å². The van der Waals surface area contributed by atoms with E-state index < -0.39 is 0 Å². The van der Waals surface area contributed by atoms with Crippen LogP contribution in [-0.2, 0) is 0 Å². The molecular weight excluding hydrogens is 432 g/mol. The van der Waals surface area contributed by atoms with Gasteiger partial charge in [0.15, 0.2) is 12.6 Å². The molecule has 0 amide bonds. The minimum atomic E-state index is -0.254. The van der Waals surface area contributed by atoms with Gasteiger partial charge in [-0.15, -0.1) is 0 Å². The van der Waals surface area contributed by atoms with Crippen molar-refractivity contribution in [1.82, 2.24) is 15.2 Å². The first-order valence-electron chi connectivity index (χ1n) is 12.7. The van der Waals surface area contributed by atoms with Crippen molar-refractivity contribution in [2.45, 2.75) is 115 Å². The second kappa shape index (κ2) is 9.19. The molecule has 2 saturated heterocycles. The topological polar surface area (TPSA) is 111 Å². The molecule has 0 atom stereocenters. The maximum absolute atomic E-state index is 13.6. The molecule has 2 aliphatic rings. The number of hydrogen-bond donors (Lipinski definition) is 4. The molecule has 0 bridgehead atoms. The van der Waals surface area contributed by atoms with Gasteiger partial charge < -0.3 is 30.9 Å². The van der Waals surface area contributed by atoms with Gasteiger partial charge in [-0.3, -0.25) is 4.79 Å². The van der Waals surface area contributed by atoms with Gasteiger partial charge in [-0.25, -0.2) is 4.58 Å². The zero-order valence-corrected chi connectivity index (χ0v) is 22.4. The molecule has 0 saturated carbocycles. The molecule has 3 rings (SSSR count). The monoisotopic (exact) mass is 478 g/mol. The highest BCUT2D eigenvalue weighted by molar-refractivity contribution is 5.63. The smallest absolute Gasteiger partial charge is 0.271 e. The summed E-state index contributed by atoms with van der Waals surface area (Å²) in [6.45, 7) is 17.3. The van der Waals surface area contributed by atoms with Gasteiger partial charge in [-0.2, -0.15) is 0 Å². The second-order valence-corrected chi connectivity index (χ2v) is 13.1. The lowest BCUT2D eigenvalue weighted by atomic mass is 9.78. The van der Waals surface area contributed by atoms with Crippen molar-refractivity contribution < 1.29 is 15.3 Å². The van der Waals surface area contributed by atoms with Crippen molar-refractivity contribution in [2.24, 2.45) is 0 Å². The fraction of sp³-hybridized carbons (Fsp3) is 0.846. The molecule has 0 aromatic heterocycles. The average molecular weight is 479 g/mol. The fourth-order valence-electron chi connectivity index (χ4n) is 7.04. The summed E-state index contributed by atoms with van der Waals surface area (Å²) in [4.78, 5) is 15.4. The Morgan fingerprint density at radius 2 is 1.35 bits per heavy atom. The van der Waals surface area contributed by atoms with Gasteiger partial charge in [0.2, 0.25) is 5.36 Å². The molecule has 8 heteroatoms. The van der Waals surface area contributed by atoms with Crippen LogP contribution in [0.5, 0.6) is 5.75 Å². The summed E-state index contributed by atoms with van der Waals surface area (Å²) < 4.78 is 1.85. The quantitative estimate of drug-likeness (QED) is 0.414. The van der Waals surface area contributed by atoms with Crippen molar-refractivity contribution in [1.29, 1.82) is 0 Å². The van der Waals surface area contributed by atoms with Crippen LogP contribution in [0.2, 0.25) is 0 Å². The Kier molecular flexibility index (Phi) is 7.33. The van der Waals surface area contributed by atoms with E-state index in [-0.39, 0.29) is 82.8 Å². The summed E-state index contributed by atoms with van der Waals surface area (Å²) in [6.07, 6.45) is 3.08. The number of anilines is 1. The largest absolute Gasteiger partial charge is 0.866 e. The zero-order chi connectivity index (χ0) is 25.7. The minimum absolute atomic E-state index is 0.0223. The highest BCUT2D eigenvalue weighted by Gasteiger charge is 2.45. The molecule has 8 nitrogen and oxygen atoms in total. The van der Waals surface area contributed by atoms with Crippen molar-refractivity contribution in [3.8, 4) is 5.75 Å². The summed E-state index contributed by atoms with van der Waals surface area (Å²) in [6, 6.07) is -0.0446. The second-order valence-electron chi connectivity index (χ2n) is 13.1. The summed E-state index contributed by atoms with van der Waals surface area (Å²) in [5.74, 6) is -0.254. The molecule has 0 radical (unpaired) electrons. The van der Waals surface area contributed by atoms with E-state index in [0.717, 1.165) is 25.7 Å². The highest BCUT2D eigenvalue weighted by atomic mass is 16.3. The van der Waals surface area contributed by atoms with Gasteiger partial charge in [0, 0.05) is 47.6 Å². The predicted octanol–water partition coefficient (Wildman–Crippen LogP) is 0.178. The first-order valence-corrected chi connectivity index (χ1v) is 12.7. The molecule has 1 aromatic carbocycles. The normalized spacial score (nSPS) is 25.4. The molecule has 2 fully saturated rings. The van der Waals surface area contributed by atoms with Gasteiger partial charge in [-0.05, 0) is 74.0 Å². The maximum Gasteiger partial charge on any atom is 0.271 e. The average Bonchev–Trinajstić information content (AvgIpc) is 2.62. The Hall–Kier alpha value is -1.48. The molecule has 2 heterocycles. The first-order chi connectivity index (χ1) is 15.5. The number of aliphatic hydroxyl groups excluding tert-OH is 2. The predicted molar refractivity (Wildman–Crippen MR) is 135 cm³/mol. The summed E-state index contributed by atoms with van der Waals surface area (Å²) >= 11 is 0. The third-order valence-electron chi connectivity index (χ3n) is 7.34. The number of hydrogen-bond acceptors (Lipinski definition) is 7. The van der Waals surface area contributed by atoms with Gasteiger partial charge in [0.1, 0.15) is 6.61 Å².